The van der Waals surface area contributed by atoms with Crippen molar-refractivity contribution in [2.75, 3.05) is 24.3 Å². The molecule has 3 heterocycles. The highest BCUT2D eigenvalue weighted by atomic mass is 32.2. The number of nitrogens with zero attached hydrogens (tertiary/aromatic N) is 4. The minimum atomic E-state index is -0.315. The van der Waals surface area contributed by atoms with Crippen LogP contribution < -0.4 is 10.2 Å². The van der Waals surface area contributed by atoms with Crippen molar-refractivity contribution < 1.29 is 9.21 Å². The lowest BCUT2D eigenvalue weighted by Crippen LogP contribution is -2.14. The Balaban J connectivity index is 1.60. The third-order valence-electron chi connectivity index (χ3n) is 4.26. The highest BCUT2D eigenvalue weighted by molar-refractivity contribution is 7.98. The number of furan rings is 1. The quantitative estimate of drug-likeness (QED) is 0.380. The zero-order valence-electron chi connectivity index (χ0n) is 16.0. The summed E-state index contributed by atoms with van der Waals surface area (Å²) in [5.74, 6) is 1.30. The molecule has 146 valence electrons. The van der Waals surface area contributed by atoms with Crippen LogP contribution >= 0.6 is 11.8 Å². The first-order chi connectivity index (χ1) is 14.1. The van der Waals surface area contributed by atoms with Gasteiger partial charge >= 0.3 is 0 Å². The molecule has 0 atom stereocenters. The number of amides is 1. The topological polar surface area (TPSA) is 84.2 Å². The predicted molar refractivity (Wildman–Crippen MR) is 114 cm³/mol. The highest BCUT2D eigenvalue weighted by Crippen LogP contribution is 2.31. The van der Waals surface area contributed by atoms with Crippen LogP contribution in [0.5, 0.6) is 0 Å². The van der Waals surface area contributed by atoms with Crippen molar-refractivity contribution in [1.82, 2.24) is 15.0 Å². The lowest BCUT2D eigenvalue weighted by molar-refractivity contribution is 0.0998. The number of benzene rings is 1. The van der Waals surface area contributed by atoms with Crippen molar-refractivity contribution in [3.8, 4) is 0 Å². The molecule has 0 aliphatic rings. The Hall–Kier alpha value is -3.39. The molecular weight excluding hydrogens is 386 g/mol. The first-order valence-electron chi connectivity index (χ1n) is 8.97. The van der Waals surface area contributed by atoms with E-state index in [0.29, 0.717) is 22.2 Å². The number of fused-ring (bicyclic) bond motifs is 1. The maximum Gasteiger partial charge on any atom is 0.291 e. The van der Waals surface area contributed by atoms with E-state index in [1.807, 2.05) is 55.4 Å². The van der Waals surface area contributed by atoms with Crippen LogP contribution in [-0.4, -0.2) is 35.0 Å². The lowest BCUT2D eigenvalue weighted by Gasteiger charge is -2.11. The van der Waals surface area contributed by atoms with Crippen molar-refractivity contribution in [3.05, 3.63) is 72.4 Å². The molecule has 4 rings (SSSR count). The number of pyridine rings is 1. The molecule has 1 N–H and O–H groups in total. The predicted octanol–water partition coefficient (Wildman–Crippen LogP) is 4.23. The molecule has 0 fully saturated rings. The fourth-order valence-corrected chi connectivity index (χ4v) is 3.67. The van der Waals surface area contributed by atoms with E-state index in [1.165, 1.54) is 11.8 Å². The molecule has 1 aromatic carbocycles. The van der Waals surface area contributed by atoms with Gasteiger partial charge in [0, 0.05) is 43.2 Å². The molecule has 0 aliphatic heterocycles. The average molecular weight is 405 g/mol. The minimum Gasteiger partial charge on any atom is -0.451 e. The Bertz CT molecular complexity index is 1130. The number of carbonyl (C=O) groups excluding carboxylic acids is 1. The molecule has 0 radical (unpaired) electrons. The highest BCUT2D eigenvalue weighted by Gasteiger charge is 2.21. The van der Waals surface area contributed by atoms with Crippen LogP contribution in [0.15, 0.2) is 70.6 Å². The van der Waals surface area contributed by atoms with Crippen molar-refractivity contribution in [3.63, 3.8) is 0 Å². The van der Waals surface area contributed by atoms with E-state index in [0.717, 1.165) is 16.8 Å². The summed E-state index contributed by atoms with van der Waals surface area (Å²) in [5, 5.41) is 4.42. The van der Waals surface area contributed by atoms with Gasteiger partial charge in [-0.2, -0.15) is 0 Å². The number of nitrogens with one attached hydrogen (secondary N) is 1. The molecular formula is C21H19N5O2S. The van der Waals surface area contributed by atoms with Crippen LogP contribution in [0, 0.1) is 0 Å². The van der Waals surface area contributed by atoms with Crippen molar-refractivity contribution in [2.45, 2.75) is 10.9 Å². The molecule has 0 spiro atoms. The summed E-state index contributed by atoms with van der Waals surface area (Å²) < 4.78 is 5.89. The number of aromatic nitrogens is 3. The van der Waals surface area contributed by atoms with Gasteiger partial charge in [-0.1, -0.05) is 30.0 Å². The average Bonchev–Trinajstić information content (AvgIpc) is 3.12. The number of hydrogen-bond acceptors (Lipinski definition) is 7. The summed E-state index contributed by atoms with van der Waals surface area (Å²) in [5.41, 5.74) is 2.09. The Kier molecular flexibility index (Phi) is 5.44. The summed E-state index contributed by atoms with van der Waals surface area (Å²) in [6.07, 6.45) is 5.02. The van der Waals surface area contributed by atoms with Crippen LogP contribution in [0.4, 0.5) is 11.5 Å². The third kappa shape index (κ3) is 4.22. The fourth-order valence-electron chi connectivity index (χ4n) is 2.83. The van der Waals surface area contributed by atoms with E-state index < -0.39 is 0 Å². The maximum absolute atomic E-state index is 13.0. The monoisotopic (exact) mass is 405 g/mol. The van der Waals surface area contributed by atoms with Crippen LogP contribution in [-0.2, 0) is 5.75 Å². The van der Waals surface area contributed by atoms with Crippen LogP contribution in [0.25, 0.3) is 11.0 Å². The Morgan fingerprint density at radius 1 is 1.07 bits per heavy atom. The molecule has 0 saturated heterocycles. The molecule has 7 nitrogen and oxygen atoms in total. The molecule has 0 saturated carbocycles. The smallest absolute Gasteiger partial charge is 0.291 e. The summed E-state index contributed by atoms with van der Waals surface area (Å²) in [4.78, 5) is 27.6. The zero-order valence-corrected chi connectivity index (χ0v) is 16.8. The van der Waals surface area contributed by atoms with E-state index in [2.05, 4.69) is 20.3 Å². The second-order valence-corrected chi connectivity index (χ2v) is 7.42. The molecule has 29 heavy (non-hydrogen) atoms. The van der Waals surface area contributed by atoms with E-state index in [9.17, 15) is 4.79 Å². The SMILES string of the molecule is CN(C)c1ccc(NC(=O)c2oc3ccccc3c2CSc2ncccn2)cn1. The number of rotatable bonds is 6. The van der Waals surface area contributed by atoms with Crippen molar-refractivity contribution in [1.29, 1.82) is 0 Å². The van der Waals surface area contributed by atoms with Crippen LogP contribution in [0.1, 0.15) is 16.1 Å². The lowest BCUT2D eigenvalue weighted by atomic mass is 10.1. The normalized spacial score (nSPS) is 10.8. The van der Waals surface area contributed by atoms with Crippen molar-refractivity contribution in [2.24, 2.45) is 0 Å². The molecule has 3 aromatic heterocycles. The van der Waals surface area contributed by atoms with Gasteiger partial charge in [0.15, 0.2) is 10.9 Å². The van der Waals surface area contributed by atoms with Gasteiger partial charge in [0.25, 0.3) is 5.91 Å². The van der Waals surface area contributed by atoms with E-state index >= 15 is 0 Å². The maximum atomic E-state index is 13.0. The molecule has 0 bridgehead atoms. The van der Waals surface area contributed by atoms with Gasteiger partial charge in [0.1, 0.15) is 11.4 Å². The molecule has 8 heteroatoms. The van der Waals surface area contributed by atoms with Gasteiger partial charge in [-0.25, -0.2) is 15.0 Å². The summed E-state index contributed by atoms with van der Waals surface area (Å²) >= 11 is 1.46. The molecule has 4 aromatic rings. The minimum absolute atomic E-state index is 0.284. The third-order valence-corrected chi connectivity index (χ3v) is 5.16. The van der Waals surface area contributed by atoms with E-state index in [1.54, 1.807) is 24.7 Å². The second kappa shape index (κ2) is 8.32. The molecule has 0 unspecified atom stereocenters. The standard InChI is InChI=1S/C21H19N5O2S/c1-26(2)18-9-8-14(12-24-18)25-20(27)19-16(13-29-21-22-10-5-11-23-21)15-6-3-4-7-17(15)28-19/h3-12H,13H2,1-2H3,(H,25,27). The van der Waals surface area contributed by atoms with E-state index in [4.69, 9.17) is 4.42 Å². The van der Waals surface area contributed by atoms with Gasteiger partial charge < -0.3 is 14.6 Å². The Labute approximate surface area is 172 Å². The number of hydrogen-bond donors (Lipinski definition) is 1. The van der Waals surface area contributed by atoms with Crippen molar-refractivity contribution >= 4 is 40.1 Å². The Morgan fingerprint density at radius 3 is 2.59 bits per heavy atom. The van der Waals surface area contributed by atoms with Crippen LogP contribution in [0.2, 0.25) is 0 Å². The Morgan fingerprint density at radius 2 is 1.86 bits per heavy atom. The van der Waals surface area contributed by atoms with Gasteiger partial charge in [0.2, 0.25) is 0 Å². The zero-order chi connectivity index (χ0) is 20.2. The first kappa shape index (κ1) is 18.9. The number of thioether (sulfide) groups is 1. The molecule has 0 aliphatic carbocycles. The summed E-state index contributed by atoms with van der Waals surface area (Å²) in [7, 11) is 3.82. The largest absolute Gasteiger partial charge is 0.451 e. The van der Waals surface area contributed by atoms with Crippen LogP contribution in [0.3, 0.4) is 0 Å². The second-order valence-electron chi connectivity index (χ2n) is 6.48. The number of para-hydroxylation sites is 1. The van der Waals surface area contributed by atoms with Gasteiger partial charge in [0.05, 0.1) is 11.9 Å². The first-order valence-corrected chi connectivity index (χ1v) is 9.95. The number of carbonyl (C=O) groups is 1. The van der Waals surface area contributed by atoms with Gasteiger partial charge in [-0.05, 0) is 24.3 Å². The molecule has 1 amide bonds. The van der Waals surface area contributed by atoms with Gasteiger partial charge in [-0.15, -0.1) is 0 Å². The fraction of sp³-hybridized carbons (Fsp3) is 0.143. The number of anilines is 2. The van der Waals surface area contributed by atoms with E-state index in [-0.39, 0.29) is 11.7 Å². The van der Waals surface area contributed by atoms with Gasteiger partial charge in [-0.3, -0.25) is 4.79 Å². The summed E-state index contributed by atoms with van der Waals surface area (Å²) in [6, 6.07) is 13.0. The summed E-state index contributed by atoms with van der Waals surface area (Å²) in [6.45, 7) is 0.